The maximum atomic E-state index is 13.4. The molecular formula is C21H22F3N3O. The minimum atomic E-state index is -4.51. The molecule has 0 aromatic heterocycles. The van der Waals surface area contributed by atoms with E-state index in [9.17, 15) is 18.0 Å². The Morgan fingerprint density at radius 3 is 2.36 bits per heavy atom. The Morgan fingerprint density at radius 2 is 1.79 bits per heavy atom. The number of rotatable bonds is 4. The maximum absolute atomic E-state index is 13.4. The highest BCUT2D eigenvalue weighted by molar-refractivity contribution is 6.07. The quantitative estimate of drug-likeness (QED) is 0.429. The van der Waals surface area contributed by atoms with Gasteiger partial charge in [0.05, 0.1) is 16.9 Å². The van der Waals surface area contributed by atoms with E-state index in [1.165, 1.54) is 11.0 Å². The minimum absolute atomic E-state index is 0.173. The topological polar surface area (TPSA) is 35.9 Å². The number of benzene rings is 2. The number of hydrogen-bond acceptors (Lipinski definition) is 2. The van der Waals surface area contributed by atoms with Gasteiger partial charge in [0.25, 0.3) is 0 Å². The predicted octanol–water partition coefficient (Wildman–Crippen LogP) is 4.78. The van der Waals surface area contributed by atoms with Crippen LogP contribution in [0.15, 0.2) is 47.5 Å². The lowest BCUT2D eigenvalue weighted by Gasteiger charge is -2.27. The second-order valence-corrected chi connectivity index (χ2v) is 6.73. The summed E-state index contributed by atoms with van der Waals surface area (Å²) >= 11 is 0. The Kier molecular flexibility index (Phi) is 5.72. The molecule has 1 aliphatic rings. The van der Waals surface area contributed by atoms with E-state index in [0.717, 1.165) is 43.6 Å². The van der Waals surface area contributed by atoms with Gasteiger partial charge in [-0.25, -0.2) is 0 Å². The van der Waals surface area contributed by atoms with Crippen molar-refractivity contribution in [1.29, 1.82) is 0 Å². The summed E-state index contributed by atoms with van der Waals surface area (Å²) in [6.45, 7) is 3.39. The number of amides is 1. The van der Waals surface area contributed by atoms with Crippen molar-refractivity contribution >= 4 is 23.6 Å². The lowest BCUT2D eigenvalue weighted by Crippen LogP contribution is -2.31. The number of carbonyl (C=O) groups excluding carboxylic acids is 1. The molecule has 0 atom stereocenters. The monoisotopic (exact) mass is 389 g/mol. The summed E-state index contributed by atoms with van der Waals surface area (Å²) in [5.74, 6) is 0.599. The molecule has 0 bridgehead atoms. The molecule has 3 rings (SSSR count). The third-order valence-electron chi connectivity index (χ3n) is 4.92. The molecule has 0 radical (unpaired) electrons. The van der Waals surface area contributed by atoms with Gasteiger partial charge in [-0.1, -0.05) is 18.2 Å². The summed E-state index contributed by atoms with van der Waals surface area (Å²) in [5, 5.41) is 0. The third kappa shape index (κ3) is 3.88. The van der Waals surface area contributed by atoms with Gasteiger partial charge in [-0.2, -0.15) is 13.2 Å². The number of carbonyl (C=O) groups is 1. The molecule has 0 N–H and O–H groups in total. The van der Waals surface area contributed by atoms with Gasteiger partial charge in [-0.05, 0) is 49.6 Å². The number of alkyl halides is 3. The summed E-state index contributed by atoms with van der Waals surface area (Å²) in [5.41, 5.74) is 1.20. The molecule has 0 aliphatic carbocycles. The zero-order chi connectivity index (χ0) is 20.3. The largest absolute Gasteiger partial charge is 0.416 e. The van der Waals surface area contributed by atoms with Crippen LogP contribution in [-0.4, -0.2) is 37.3 Å². The lowest BCUT2D eigenvalue weighted by molar-refractivity contribution is -0.137. The molecule has 2 aromatic carbocycles. The van der Waals surface area contributed by atoms with Crippen LogP contribution >= 0.6 is 0 Å². The molecule has 0 saturated carbocycles. The predicted molar refractivity (Wildman–Crippen MR) is 104 cm³/mol. The van der Waals surface area contributed by atoms with Crippen LogP contribution in [0, 0.1) is 6.92 Å². The SMILES string of the molecule is C/N=C(\c1ccc(C(F)(F)F)cc1N(C=O)c1ccccc1C)N1CCCC1. The molecule has 1 heterocycles. The fourth-order valence-electron chi connectivity index (χ4n) is 3.53. The van der Waals surface area contributed by atoms with Gasteiger partial charge in [0.1, 0.15) is 5.84 Å². The van der Waals surface area contributed by atoms with Crippen molar-refractivity contribution in [2.75, 3.05) is 25.0 Å². The van der Waals surface area contributed by atoms with E-state index in [4.69, 9.17) is 0 Å². The van der Waals surface area contributed by atoms with Crippen molar-refractivity contribution in [2.45, 2.75) is 25.9 Å². The first-order valence-corrected chi connectivity index (χ1v) is 9.10. The molecule has 148 valence electrons. The second-order valence-electron chi connectivity index (χ2n) is 6.73. The van der Waals surface area contributed by atoms with Gasteiger partial charge in [-0.3, -0.25) is 14.7 Å². The van der Waals surface area contributed by atoms with Crippen molar-refractivity contribution in [3.8, 4) is 0 Å². The summed E-state index contributed by atoms with van der Waals surface area (Å²) in [6.07, 6.45) is -1.95. The highest BCUT2D eigenvalue weighted by Crippen LogP contribution is 2.37. The van der Waals surface area contributed by atoms with E-state index in [-0.39, 0.29) is 5.69 Å². The molecule has 4 nitrogen and oxygen atoms in total. The first kappa shape index (κ1) is 19.9. The molecule has 1 aliphatic heterocycles. The van der Waals surface area contributed by atoms with Gasteiger partial charge in [0.2, 0.25) is 6.41 Å². The fourth-order valence-corrected chi connectivity index (χ4v) is 3.53. The van der Waals surface area contributed by atoms with E-state index in [2.05, 4.69) is 4.99 Å². The van der Waals surface area contributed by atoms with Crippen LogP contribution in [0.3, 0.4) is 0 Å². The summed E-state index contributed by atoms with van der Waals surface area (Å²) in [6, 6.07) is 10.6. The number of para-hydroxylation sites is 1. The van der Waals surface area contributed by atoms with Gasteiger partial charge in [0, 0.05) is 25.7 Å². The minimum Gasteiger partial charge on any atom is -0.356 e. The Morgan fingerprint density at radius 1 is 1.11 bits per heavy atom. The number of anilines is 2. The van der Waals surface area contributed by atoms with E-state index in [1.54, 1.807) is 19.2 Å². The number of aryl methyl sites for hydroxylation is 1. The average molecular weight is 389 g/mol. The number of likely N-dealkylation sites (tertiary alicyclic amines) is 1. The molecule has 1 amide bonds. The fraction of sp³-hybridized carbons (Fsp3) is 0.333. The zero-order valence-electron chi connectivity index (χ0n) is 15.8. The molecule has 1 saturated heterocycles. The summed E-state index contributed by atoms with van der Waals surface area (Å²) in [7, 11) is 1.62. The summed E-state index contributed by atoms with van der Waals surface area (Å²) < 4.78 is 40.2. The molecule has 1 fully saturated rings. The maximum Gasteiger partial charge on any atom is 0.416 e. The van der Waals surface area contributed by atoms with Crippen molar-refractivity contribution in [2.24, 2.45) is 4.99 Å². The molecule has 7 heteroatoms. The Labute approximate surface area is 162 Å². The lowest BCUT2D eigenvalue weighted by atomic mass is 10.0. The Hall–Kier alpha value is -2.83. The third-order valence-corrected chi connectivity index (χ3v) is 4.92. The van der Waals surface area contributed by atoms with Crippen LogP contribution in [0.1, 0.15) is 29.5 Å². The van der Waals surface area contributed by atoms with E-state index >= 15 is 0 Å². The van der Waals surface area contributed by atoms with Gasteiger partial charge in [-0.15, -0.1) is 0 Å². The number of halogens is 3. The van der Waals surface area contributed by atoms with Gasteiger partial charge < -0.3 is 4.90 Å². The van der Waals surface area contributed by atoms with Gasteiger partial charge in [0.15, 0.2) is 0 Å². The molecule has 0 unspecified atom stereocenters. The van der Waals surface area contributed by atoms with Crippen LogP contribution < -0.4 is 4.90 Å². The van der Waals surface area contributed by atoms with Crippen LogP contribution in [0.5, 0.6) is 0 Å². The van der Waals surface area contributed by atoms with Crippen LogP contribution in [0.2, 0.25) is 0 Å². The van der Waals surface area contributed by atoms with Crippen molar-refractivity contribution in [3.05, 3.63) is 59.2 Å². The molecular weight excluding hydrogens is 367 g/mol. The number of amidine groups is 1. The molecule has 0 spiro atoms. The smallest absolute Gasteiger partial charge is 0.356 e. The normalized spacial score (nSPS) is 15.0. The first-order valence-electron chi connectivity index (χ1n) is 9.10. The van der Waals surface area contributed by atoms with Crippen molar-refractivity contribution in [3.63, 3.8) is 0 Å². The second kappa shape index (κ2) is 8.04. The number of aliphatic imine (C=N–C) groups is 1. The standard InChI is InChI=1S/C21H22F3N3O/c1-15-7-3-4-8-18(15)27(14-28)19-13-16(21(22,23)24)9-10-17(19)20(25-2)26-11-5-6-12-26/h3-4,7-10,13-14H,5-6,11-12H2,1-2H3/b25-20+. The number of nitrogens with zero attached hydrogens (tertiary/aromatic N) is 3. The van der Waals surface area contributed by atoms with Gasteiger partial charge >= 0.3 is 6.18 Å². The average Bonchev–Trinajstić information content (AvgIpc) is 3.19. The Balaban J connectivity index is 2.20. The van der Waals surface area contributed by atoms with Crippen LogP contribution in [-0.2, 0) is 11.0 Å². The highest BCUT2D eigenvalue weighted by atomic mass is 19.4. The molecule has 2 aromatic rings. The Bertz CT molecular complexity index is 887. The first-order chi connectivity index (χ1) is 13.4. The van der Waals surface area contributed by atoms with E-state index < -0.39 is 11.7 Å². The van der Waals surface area contributed by atoms with Crippen LogP contribution in [0.25, 0.3) is 0 Å². The van der Waals surface area contributed by atoms with Crippen LogP contribution in [0.4, 0.5) is 24.5 Å². The summed E-state index contributed by atoms with van der Waals surface area (Å²) in [4.78, 5) is 19.7. The molecule has 28 heavy (non-hydrogen) atoms. The van der Waals surface area contributed by atoms with E-state index in [0.29, 0.717) is 23.5 Å². The van der Waals surface area contributed by atoms with Crippen molar-refractivity contribution in [1.82, 2.24) is 4.90 Å². The zero-order valence-corrected chi connectivity index (χ0v) is 15.8. The van der Waals surface area contributed by atoms with E-state index in [1.807, 2.05) is 24.0 Å². The highest BCUT2D eigenvalue weighted by Gasteiger charge is 2.33. The van der Waals surface area contributed by atoms with Crippen molar-refractivity contribution < 1.29 is 18.0 Å². The number of hydrogen-bond donors (Lipinski definition) is 0.